The molecule has 0 radical (unpaired) electrons. The lowest BCUT2D eigenvalue weighted by Gasteiger charge is -1.98. The molecule has 0 spiro atoms. The monoisotopic (exact) mass is 333 g/mol. The van der Waals surface area contributed by atoms with Crippen LogP contribution in [0.1, 0.15) is 0 Å². The highest BCUT2D eigenvalue weighted by Crippen LogP contribution is 2.28. The molecule has 0 bridgehead atoms. The van der Waals surface area contributed by atoms with E-state index >= 15 is 0 Å². The Morgan fingerprint density at radius 3 is 2.60 bits per heavy atom. The van der Waals surface area contributed by atoms with Crippen LogP contribution in [0.4, 0.5) is 10.1 Å². The van der Waals surface area contributed by atoms with Crippen molar-refractivity contribution in [3.63, 3.8) is 0 Å². The summed E-state index contributed by atoms with van der Waals surface area (Å²) in [4.78, 5) is 4.20. The highest BCUT2D eigenvalue weighted by atomic mass is 79.9. The summed E-state index contributed by atoms with van der Waals surface area (Å²) in [7, 11) is 0. The van der Waals surface area contributed by atoms with E-state index in [1.165, 1.54) is 0 Å². The first kappa shape index (κ1) is 12.8. The van der Waals surface area contributed by atoms with E-state index in [-0.39, 0.29) is 11.5 Å². The number of hydrogen-bond donors (Lipinski definition) is 1. The summed E-state index contributed by atoms with van der Waals surface area (Å²) in [6, 6.07) is 11.9. The Bertz CT molecular complexity index is 755. The zero-order chi connectivity index (χ0) is 14.1. The molecule has 0 aliphatic carbocycles. The minimum atomic E-state index is -0.431. The quantitative estimate of drug-likeness (QED) is 0.722. The van der Waals surface area contributed by atoms with Crippen molar-refractivity contribution in [2.24, 2.45) is 0 Å². The zero-order valence-electron chi connectivity index (χ0n) is 10.2. The van der Waals surface area contributed by atoms with Crippen LogP contribution in [0.5, 0.6) is 0 Å². The molecule has 3 rings (SSSR count). The van der Waals surface area contributed by atoms with Crippen LogP contribution in [0.25, 0.3) is 22.8 Å². The molecule has 0 fully saturated rings. The van der Waals surface area contributed by atoms with E-state index in [1.54, 1.807) is 42.5 Å². The van der Waals surface area contributed by atoms with Gasteiger partial charge in [-0.15, -0.1) is 0 Å². The molecule has 100 valence electrons. The molecule has 0 saturated heterocycles. The number of nitrogen functional groups attached to an aromatic ring is 1. The highest BCUT2D eigenvalue weighted by molar-refractivity contribution is 9.10. The highest BCUT2D eigenvalue weighted by Gasteiger charge is 2.15. The Balaban J connectivity index is 2.02. The van der Waals surface area contributed by atoms with Gasteiger partial charge in [0.05, 0.1) is 10.0 Å². The van der Waals surface area contributed by atoms with Crippen molar-refractivity contribution in [1.29, 1.82) is 0 Å². The number of rotatable bonds is 2. The number of hydrogen-bond acceptors (Lipinski definition) is 4. The lowest BCUT2D eigenvalue weighted by Crippen LogP contribution is -1.87. The van der Waals surface area contributed by atoms with E-state index in [4.69, 9.17) is 10.3 Å². The van der Waals surface area contributed by atoms with Gasteiger partial charge in [0.25, 0.3) is 5.89 Å². The molecular formula is C14H9BrFN3O. The van der Waals surface area contributed by atoms with Crippen LogP contribution >= 0.6 is 15.9 Å². The molecule has 1 heterocycles. The summed E-state index contributed by atoms with van der Waals surface area (Å²) in [5, 5.41) is 3.85. The first-order valence-electron chi connectivity index (χ1n) is 5.79. The first-order chi connectivity index (χ1) is 9.65. The lowest BCUT2D eigenvalue weighted by molar-refractivity contribution is 0.429. The Kier molecular flexibility index (Phi) is 3.23. The third-order valence-electron chi connectivity index (χ3n) is 2.78. The summed E-state index contributed by atoms with van der Waals surface area (Å²) in [6.45, 7) is 0. The molecule has 0 amide bonds. The molecule has 3 aromatic rings. The predicted octanol–water partition coefficient (Wildman–Crippen LogP) is 3.89. The number of anilines is 1. The summed E-state index contributed by atoms with van der Waals surface area (Å²) >= 11 is 3.12. The fraction of sp³-hybridized carbons (Fsp3) is 0. The summed E-state index contributed by atoms with van der Waals surface area (Å²) in [5.74, 6) is 0.0926. The second-order valence-corrected chi connectivity index (χ2v) is 5.00. The Morgan fingerprint density at radius 2 is 1.85 bits per heavy atom. The predicted molar refractivity (Wildman–Crippen MR) is 77.2 cm³/mol. The largest absolute Gasteiger partial charge is 0.399 e. The van der Waals surface area contributed by atoms with Crippen LogP contribution < -0.4 is 5.73 Å². The van der Waals surface area contributed by atoms with E-state index in [9.17, 15) is 4.39 Å². The Morgan fingerprint density at radius 1 is 1.10 bits per heavy atom. The van der Waals surface area contributed by atoms with Crippen molar-refractivity contribution in [3.8, 4) is 22.8 Å². The van der Waals surface area contributed by atoms with Crippen molar-refractivity contribution in [2.45, 2.75) is 0 Å². The molecular weight excluding hydrogens is 325 g/mol. The molecule has 1 aromatic heterocycles. The van der Waals surface area contributed by atoms with Gasteiger partial charge < -0.3 is 10.3 Å². The van der Waals surface area contributed by atoms with Crippen molar-refractivity contribution in [1.82, 2.24) is 10.1 Å². The average Bonchev–Trinajstić information content (AvgIpc) is 2.92. The van der Waals surface area contributed by atoms with Crippen LogP contribution in [-0.2, 0) is 0 Å². The van der Waals surface area contributed by atoms with E-state index < -0.39 is 5.82 Å². The molecule has 4 nitrogen and oxygen atoms in total. The molecule has 0 aliphatic heterocycles. The molecule has 0 atom stereocenters. The van der Waals surface area contributed by atoms with Crippen molar-refractivity contribution >= 4 is 21.6 Å². The van der Waals surface area contributed by atoms with E-state index in [2.05, 4.69) is 26.1 Å². The van der Waals surface area contributed by atoms with Gasteiger partial charge in [-0.1, -0.05) is 11.2 Å². The maximum Gasteiger partial charge on any atom is 0.261 e. The standard InChI is InChI=1S/C14H9BrFN3O/c15-11-3-1-2-10(12(11)16)14-18-13(19-20-14)8-4-6-9(17)7-5-8/h1-7H,17H2. The van der Waals surface area contributed by atoms with Crippen LogP contribution in [0.15, 0.2) is 51.5 Å². The van der Waals surface area contributed by atoms with Gasteiger partial charge in [0, 0.05) is 11.3 Å². The SMILES string of the molecule is Nc1ccc(-c2noc(-c3cccc(Br)c3F)n2)cc1. The van der Waals surface area contributed by atoms with Gasteiger partial charge in [-0.3, -0.25) is 0 Å². The van der Waals surface area contributed by atoms with Gasteiger partial charge in [-0.25, -0.2) is 4.39 Å². The van der Waals surface area contributed by atoms with Gasteiger partial charge in [-0.2, -0.15) is 4.98 Å². The molecule has 20 heavy (non-hydrogen) atoms. The number of nitrogens with zero attached hydrogens (tertiary/aromatic N) is 2. The number of aromatic nitrogens is 2. The first-order valence-corrected chi connectivity index (χ1v) is 6.58. The molecule has 0 unspecified atom stereocenters. The maximum absolute atomic E-state index is 14.0. The molecule has 6 heteroatoms. The summed E-state index contributed by atoms with van der Waals surface area (Å²) in [6.07, 6.45) is 0. The minimum absolute atomic E-state index is 0.135. The minimum Gasteiger partial charge on any atom is -0.399 e. The Hall–Kier alpha value is -2.21. The van der Waals surface area contributed by atoms with Gasteiger partial charge >= 0.3 is 0 Å². The maximum atomic E-state index is 14.0. The summed E-state index contributed by atoms with van der Waals surface area (Å²) in [5.41, 5.74) is 7.28. The van der Waals surface area contributed by atoms with Crippen LogP contribution in [0.3, 0.4) is 0 Å². The second-order valence-electron chi connectivity index (χ2n) is 4.15. The fourth-order valence-electron chi connectivity index (χ4n) is 1.75. The van der Waals surface area contributed by atoms with E-state index in [0.717, 1.165) is 5.56 Å². The van der Waals surface area contributed by atoms with Gasteiger partial charge in [0.1, 0.15) is 5.82 Å². The van der Waals surface area contributed by atoms with Gasteiger partial charge in [0.15, 0.2) is 0 Å². The normalized spacial score (nSPS) is 10.7. The molecule has 0 aliphatic rings. The zero-order valence-corrected chi connectivity index (χ0v) is 11.8. The second kappa shape index (κ2) is 5.05. The third-order valence-corrected chi connectivity index (χ3v) is 3.39. The summed E-state index contributed by atoms with van der Waals surface area (Å²) < 4.78 is 19.4. The molecule has 0 saturated carbocycles. The third kappa shape index (κ3) is 2.30. The number of halogens is 2. The van der Waals surface area contributed by atoms with E-state index in [0.29, 0.717) is 16.0 Å². The topological polar surface area (TPSA) is 64.9 Å². The van der Waals surface area contributed by atoms with Crippen molar-refractivity contribution in [2.75, 3.05) is 5.73 Å². The van der Waals surface area contributed by atoms with Crippen molar-refractivity contribution < 1.29 is 8.91 Å². The number of nitrogens with two attached hydrogens (primary N) is 1. The number of benzene rings is 2. The van der Waals surface area contributed by atoms with Crippen LogP contribution in [0, 0.1) is 5.82 Å². The molecule has 2 aromatic carbocycles. The van der Waals surface area contributed by atoms with Gasteiger partial charge in [0.2, 0.25) is 5.82 Å². The van der Waals surface area contributed by atoms with Crippen LogP contribution in [-0.4, -0.2) is 10.1 Å². The lowest BCUT2D eigenvalue weighted by atomic mass is 10.2. The van der Waals surface area contributed by atoms with Gasteiger partial charge in [-0.05, 0) is 52.3 Å². The van der Waals surface area contributed by atoms with Crippen molar-refractivity contribution in [3.05, 3.63) is 52.8 Å². The Labute approximate surface area is 122 Å². The van der Waals surface area contributed by atoms with E-state index in [1.807, 2.05) is 0 Å². The smallest absolute Gasteiger partial charge is 0.261 e. The molecule has 2 N–H and O–H groups in total. The van der Waals surface area contributed by atoms with Crippen LogP contribution in [0.2, 0.25) is 0 Å². The fourth-order valence-corrected chi connectivity index (χ4v) is 2.12. The average molecular weight is 334 g/mol.